The third-order valence-electron chi connectivity index (χ3n) is 2.36. The Bertz CT molecular complexity index is 520. The smallest absolute Gasteiger partial charge is 0.251 e. The molecule has 0 atom stereocenters. The summed E-state index contributed by atoms with van der Waals surface area (Å²) in [6, 6.07) is 8.80. The van der Waals surface area contributed by atoms with E-state index >= 15 is 0 Å². The van der Waals surface area contributed by atoms with Gasteiger partial charge >= 0.3 is 0 Å². The third kappa shape index (κ3) is 3.62. The molecule has 0 bridgehead atoms. The van der Waals surface area contributed by atoms with Crippen LogP contribution < -0.4 is 5.32 Å². The van der Waals surface area contributed by atoms with Crippen molar-refractivity contribution in [1.29, 1.82) is 0 Å². The van der Waals surface area contributed by atoms with Crippen molar-refractivity contribution in [3.63, 3.8) is 0 Å². The Morgan fingerprint density at radius 3 is 2.89 bits per heavy atom. The Morgan fingerprint density at radius 2 is 2.22 bits per heavy atom. The van der Waals surface area contributed by atoms with Crippen LogP contribution in [0.25, 0.3) is 0 Å². The summed E-state index contributed by atoms with van der Waals surface area (Å²) in [7, 11) is 0. The van der Waals surface area contributed by atoms with Crippen LogP contribution in [-0.4, -0.2) is 12.5 Å². The summed E-state index contributed by atoms with van der Waals surface area (Å²) in [5, 5.41) is 3.34. The second-order valence-electron chi connectivity index (χ2n) is 3.74. The zero-order valence-corrected chi connectivity index (χ0v) is 11.8. The fraction of sp³-hybridized carbons (Fsp3) is 0.154. The molecule has 1 aromatic heterocycles. The average molecular weight is 329 g/mol. The molecule has 1 N–H and O–H groups in total. The molecule has 0 aliphatic rings. The average Bonchev–Trinajstić information content (AvgIpc) is 2.80. The van der Waals surface area contributed by atoms with Gasteiger partial charge in [0.15, 0.2) is 0 Å². The van der Waals surface area contributed by atoms with Gasteiger partial charge in [0, 0.05) is 28.0 Å². The second-order valence-corrected chi connectivity index (χ2v) is 5.10. The predicted octanol–water partition coefficient (Wildman–Crippen LogP) is 3.67. The van der Waals surface area contributed by atoms with E-state index in [1.807, 2.05) is 12.1 Å². The summed E-state index contributed by atoms with van der Waals surface area (Å²) in [5.74, 6) is 0.701. The molecule has 18 heavy (non-hydrogen) atoms. The van der Waals surface area contributed by atoms with E-state index in [1.54, 1.807) is 24.5 Å². The van der Waals surface area contributed by atoms with Gasteiger partial charge in [0.2, 0.25) is 0 Å². The summed E-state index contributed by atoms with van der Waals surface area (Å²) in [4.78, 5) is 11.9. The molecule has 1 amide bonds. The lowest BCUT2D eigenvalue weighted by molar-refractivity contribution is 0.0953. The van der Waals surface area contributed by atoms with Gasteiger partial charge in [-0.15, -0.1) is 0 Å². The number of hydrogen-bond donors (Lipinski definition) is 1. The summed E-state index contributed by atoms with van der Waals surface area (Å²) in [6.07, 6.45) is 2.28. The van der Waals surface area contributed by atoms with Crippen molar-refractivity contribution in [3.8, 4) is 0 Å². The minimum Gasteiger partial charge on any atom is -0.469 e. The Balaban J connectivity index is 1.91. The Kier molecular flexibility index (Phi) is 4.44. The maximum atomic E-state index is 11.9. The first-order valence-electron chi connectivity index (χ1n) is 5.42. The van der Waals surface area contributed by atoms with E-state index in [0.29, 0.717) is 23.6 Å². The molecule has 3 nitrogen and oxygen atoms in total. The predicted molar refractivity (Wildman–Crippen MR) is 73.9 cm³/mol. The van der Waals surface area contributed by atoms with Crippen LogP contribution in [0.3, 0.4) is 0 Å². The number of halogens is 2. The fourth-order valence-corrected chi connectivity index (χ4v) is 2.40. The molecule has 2 aromatic rings. The number of carbonyl (C=O) groups is 1. The van der Waals surface area contributed by atoms with Crippen LogP contribution in [0.15, 0.2) is 45.5 Å². The van der Waals surface area contributed by atoms with Crippen molar-refractivity contribution >= 4 is 33.4 Å². The van der Waals surface area contributed by atoms with Crippen molar-refractivity contribution in [1.82, 2.24) is 5.32 Å². The van der Waals surface area contributed by atoms with Gasteiger partial charge < -0.3 is 9.73 Å². The molecule has 0 aliphatic carbocycles. The molecule has 0 saturated carbocycles. The highest BCUT2D eigenvalue weighted by molar-refractivity contribution is 9.10. The highest BCUT2D eigenvalue weighted by Gasteiger charge is 2.07. The lowest BCUT2D eigenvalue weighted by atomic mass is 10.2. The Hall–Kier alpha value is -1.26. The number of nitrogens with one attached hydrogen (secondary N) is 1. The van der Waals surface area contributed by atoms with Gasteiger partial charge in [-0.05, 0) is 30.3 Å². The van der Waals surface area contributed by atoms with Crippen molar-refractivity contribution in [2.24, 2.45) is 0 Å². The van der Waals surface area contributed by atoms with Crippen LogP contribution >= 0.6 is 27.5 Å². The molecule has 1 aromatic carbocycles. The van der Waals surface area contributed by atoms with E-state index in [9.17, 15) is 4.79 Å². The quantitative estimate of drug-likeness (QED) is 0.930. The largest absolute Gasteiger partial charge is 0.469 e. The van der Waals surface area contributed by atoms with E-state index in [2.05, 4.69) is 21.2 Å². The van der Waals surface area contributed by atoms with Gasteiger partial charge in [-0.25, -0.2) is 0 Å². The molecule has 0 saturated heterocycles. The minimum atomic E-state index is -0.148. The summed E-state index contributed by atoms with van der Waals surface area (Å²) >= 11 is 9.19. The summed E-state index contributed by atoms with van der Waals surface area (Å²) in [6.45, 7) is 0.524. The van der Waals surface area contributed by atoms with Gasteiger partial charge in [0.05, 0.1) is 6.26 Å². The van der Waals surface area contributed by atoms with Crippen molar-refractivity contribution in [3.05, 3.63) is 57.4 Å². The third-order valence-corrected chi connectivity index (χ3v) is 3.04. The maximum absolute atomic E-state index is 11.9. The van der Waals surface area contributed by atoms with Crippen LogP contribution in [0.2, 0.25) is 5.02 Å². The summed E-state index contributed by atoms with van der Waals surface area (Å²) < 4.78 is 5.96. The molecular weight excluding hydrogens is 318 g/mol. The molecule has 0 radical (unpaired) electrons. The van der Waals surface area contributed by atoms with Crippen molar-refractivity contribution < 1.29 is 9.21 Å². The molecular formula is C13H11BrClNO2. The van der Waals surface area contributed by atoms with Crippen molar-refractivity contribution in [2.45, 2.75) is 6.42 Å². The fourth-order valence-electron chi connectivity index (χ4n) is 1.54. The van der Waals surface area contributed by atoms with Gasteiger partial charge in [-0.3, -0.25) is 4.79 Å². The highest BCUT2D eigenvalue weighted by atomic mass is 79.9. The standard InChI is InChI=1S/C13H11BrClNO2/c14-10-6-9(7-11(15)8-10)13(17)16-4-3-12-2-1-5-18-12/h1-2,5-8H,3-4H2,(H,16,17). The van der Waals surface area contributed by atoms with Gasteiger partial charge in [0.25, 0.3) is 5.91 Å². The van der Waals surface area contributed by atoms with E-state index in [1.165, 1.54) is 0 Å². The second kappa shape index (κ2) is 6.07. The number of rotatable bonds is 4. The van der Waals surface area contributed by atoms with E-state index in [-0.39, 0.29) is 5.91 Å². The molecule has 94 valence electrons. The molecule has 5 heteroatoms. The van der Waals surface area contributed by atoms with Crippen LogP contribution in [0.4, 0.5) is 0 Å². The summed E-state index contributed by atoms with van der Waals surface area (Å²) in [5.41, 5.74) is 0.536. The normalized spacial score (nSPS) is 10.3. The number of benzene rings is 1. The first kappa shape index (κ1) is 13.2. The zero-order chi connectivity index (χ0) is 13.0. The van der Waals surface area contributed by atoms with Crippen LogP contribution in [-0.2, 0) is 6.42 Å². The highest BCUT2D eigenvalue weighted by Crippen LogP contribution is 2.19. The minimum absolute atomic E-state index is 0.148. The van der Waals surface area contributed by atoms with Gasteiger partial charge in [-0.1, -0.05) is 27.5 Å². The zero-order valence-electron chi connectivity index (χ0n) is 9.45. The number of furan rings is 1. The molecule has 0 aliphatic heterocycles. The van der Waals surface area contributed by atoms with Crippen LogP contribution in [0.5, 0.6) is 0 Å². The van der Waals surface area contributed by atoms with E-state index in [4.69, 9.17) is 16.0 Å². The molecule has 2 rings (SSSR count). The first-order chi connectivity index (χ1) is 8.65. The molecule has 0 spiro atoms. The van der Waals surface area contributed by atoms with Crippen LogP contribution in [0.1, 0.15) is 16.1 Å². The van der Waals surface area contributed by atoms with Crippen LogP contribution in [0, 0.1) is 0 Å². The number of amides is 1. The number of hydrogen-bond acceptors (Lipinski definition) is 2. The molecule has 0 unspecified atom stereocenters. The first-order valence-corrected chi connectivity index (χ1v) is 6.59. The van der Waals surface area contributed by atoms with E-state index < -0.39 is 0 Å². The Morgan fingerprint density at radius 1 is 1.39 bits per heavy atom. The van der Waals surface area contributed by atoms with E-state index in [0.717, 1.165) is 10.2 Å². The molecule has 1 heterocycles. The SMILES string of the molecule is O=C(NCCc1ccco1)c1cc(Cl)cc(Br)c1. The topological polar surface area (TPSA) is 42.2 Å². The van der Waals surface area contributed by atoms with Crippen molar-refractivity contribution in [2.75, 3.05) is 6.54 Å². The monoisotopic (exact) mass is 327 g/mol. The Labute approximate surface area is 118 Å². The number of carbonyl (C=O) groups excluding carboxylic acids is 1. The molecule has 0 fully saturated rings. The van der Waals surface area contributed by atoms with Gasteiger partial charge in [0.1, 0.15) is 5.76 Å². The van der Waals surface area contributed by atoms with Gasteiger partial charge in [-0.2, -0.15) is 0 Å². The lowest BCUT2D eigenvalue weighted by Crippen LogP contribution is -2.25. The lowest BCUT2D eigenvalue weighted by Gasteiger charge is -2.05. The maximum Gasteiger partial charge on any atom is 0.251 e.